The molecule has 0 atom stereocenters. The summed E-state index contributed by atoms with van der Waals surface area (Å²) in [5, 5.41) is 15.3. The van der Waals surface area contributed by atoms with Crippen LogP contribution in [0.4, 0.5) is 5.69 Å². The van der Waals surface area contributed by atoms with Gasteiger partial charge in [0.2, 0.25) is 0 Å². The van der Waals surface area contributed by atoms with Gasteiger partial charge in [0.1, 0.15) is 11.4 Å². The molecule has 1 aromatic heterocycles. The van der Waals surface area contributed by atoms with Crippen molar-refractivity contribution in [2.24, 2.45) is 0 Å². The molecular formula is C13H14BrN3O3. The molecule has 6 nitrogen and oxygen atoms in total. The number of benzene rings is 1. The van der Waals surface area contributed by atoms with E-state index < -0.39 is 4.92 Å². The summed E-state index contributed by atoms with van der Waals surface area (Å²) in [5.74, 6) is 0.708. The third-order valence-corrected chi connectivity index (χ3v) is 3.77. The largest absolute Gasteiger partial charge is 0.434 e. The highest BCUT2D eigenvalue weighted by Gasteiger charge is 2.27. The number of nitro groups is 1. The topological polar surface area (TPSA) is 70.2 Å². The van der Waals surface area contributed by atoms with Crippen molar-refractivity contribution >= 4 is 21.6 Å². The van der Waals surface area contributed by atoms with E-state index in [1.807, 2.05) is 26.0 Å². The average Bonchev–Trinajstić information content (AvgIpc) is 2.70. The Morgan fingerprint density at radius 2 is 2.15 bits per heavy atom. The van der Waals surface area contributed by atoms with Crippen LogP contribution < -0.4 is 4.74 Å². The Kier molecular flexibility index (Phi) is 4.08. The van der Waals surface area contributed by atoms with Crippen LogP contribution in [0.5, 0.6) is 11.6 Å². The zero-order valence-electron chi connectivity index (χ0n) is 11.4. The summed E-state index contributed by atoms with van der Waals surface area (Å²) in [6.45, 7) is 5.88. The zero-order chi connectivity index (χ0) is 14.9. The van der Waals surface area contributed by atoms with Gasteiger partial charge in [-0.15, -0.1) is 0 Å². The number of aryl methyl sites for hydroxylation is 3. The normalized spacial score (nSPS) is 10.6. The summed E-state index contributed by atoms with van der Waals surface area (Å²) in [6.07, 6.45) is 0. The molecule has 0 aliphatic rings. The SMILES string of the molecule is CCn1nc(C)c([N+](=O)[O-])c1Oc1ccc(Br)c(C)c1. The lowest BCUT2D eigenvalue weighted by Gasteiger charge is -2.08. The summed E-state index contributed by atoms with van der Waals surface area (Å²) in [6, 6.07) is 5.41. The van der Waals surface area contributed by atoms with E-state index in [0.29, 0.717) is 18.0 Å². The number of ether oxygens (including phenoxy) is 1. The molecule has 2 rings (SSSR count). The van der Waals surface area contributed by atoms with Gasteiger partial charge in [0, 0.05) is 11.0 Å². The molecule has 20 heavy (non-hydrogen) atoms. The molecule has 0 radical (unpaired) electrons. The van der Waals surface area contributed by atoms with Crippen LogP contribution in [0.1, 0.15) is 18.2 Å². The summed E-state index contributed by atoms with van der Waals surface area (Å²) in [7, 11) is 0. The number of rotatable bonds is 4. The first-order chi connectivity index (χ1) is 9.43. The Morgan fingerprint density at radius 1 is 1.45 bits per heavy atom. The molecule has 0 amide bonds. The van der Waals surface area contributed by atoms with Crippen LogP contribution in [0.25, 0.3) is 0 Å². The Bertz CT molecular complexity index is 667. The smallest absolute Gasteiger partial charge is 0.353 e. The van der Waals surface area contributed by atoms with Gasteiger partial charge < -0.3 is 4.74 Å². The van der Waals surface area contributed by atoms with Crippen LogP contribution >= 0.6 is 15.9 Å². The minimum absolute atomic E-state index is 0.0904. The van der Waals surface area contributed by atoms with Gasteiger partial charge in [-0.1, -0.05) is 15.9 Å². The second-order valence-corrected chi connectivity index (χ2v) is 5.18. The fraction of sp³-hybridized carbons (Fsp3) is 0.308. The van der Waals surface area contributed by atoms with Crippen molar-refractivity contribution in [3.05, 3.63) is 44.0 Å². The number of hydrogen-bond acceptors (Lipinski definition) is 4. The highest BCUT2D eigenvalue weighted by atomic mass is 79.9. The van der Waals surface area contributed by atoms with Crippen LogP contribution in [-0.4, -0.2) is 14.7 Å². The standard InChI is InChI=1S/C13H14BrN3O3/c1-4-16-13(12(17(18)19)9(3)15-16)20-10-5-6-11(14)8(2)7-10/h5-7H,4H2,1-3H3. The predicted octanol–water partition coefficient (Wildman–Crippen LogP) is 3.98. The van der Waals surface area contributed by atoms with Crippen molar-refractivity contribution in [3.8, 4) is 11.6 Å². The zero-order valence-corrected chi connectivity index (χ0v) is 13.0. The lowest BCUT2D eigenvalue weighted by atomic mass is 10.2. The number of hydrogen-bond donors (Lipinski definition) is 0. The van der Waals surface area contributed by atoms with Gasteiger partial charge in [-0.2, -0.15) is 5.10 Å². The monoisotopic (exact) mass is 339 g/mol. The average molecular weight is 340 g/mol. The molecule has 1 heterocycles. The molecule has 106 valence electrons. The minimum atomic E-state index is -0.463. The molecule has 1 aromatic carbocycles. The van der Waals surface area contributed by atoms with Crippen molar-refractivity contribution in [2.75, 3.05) is 0 Å². The first kappa shape index (κ1) is 14.5. The maximum absolute atomic E-state index is 11.1. The maximum Gasteiger partial charge on any atom is 0.353 e. The van der Waals surface area contributed by atoms with E-state index in [-0.39, 0.29) is 11.6 Å². The second kappa shape index (κ2) is 5.62. The third-order valence-electron chi connectivity index (χ3n) is 2.88. The molecule has 7 heteroatoms. The van der Waals surface area contributed by atoms with Gasteiger partial charge in [-0.3, -0.25) is 10.1 Å². The highest BCUT2D eigenvalue weighted by Crippen LogP contribution is 2.35. The molecule has 0 saturated carbocycles. The molecule has 0 N–H and O–H groups in total. The Hall–Kier alpha value is -1.89. The Labute approximate surface area is 124 Å². The summed E-state index contributed by atoms with van der Waals surface area (Å²) in [4.78, 5) is 10.7. The molecule has 0 saturated heterocycles. The maximum atomic E-state index is 11.1. The van der Waals surface area contributed by atoms with Crippen molar-refractivity contribution < 1.29 is 9.66 Å². The van der Waals surface area contributed by atoms with E-state index in [1.165, 1.54) is 4.68 Å². The summed E-state index contributed by atoms with van der Waals surface area (Å²) in [5.41, 5.74) is 1.25. The van der Waals surface area contributed by atoms with Crippen LogP contribution in [-0.2, 0) is 6.54 Å². The van der Waals surface area contributed by atoms with Crippen LogP contribution in [0.2, 0.25) is 0 Å². The van der Waals surface area contributed by atoms with Crippen molar-refractivity contribution in [3.63, 3.8) is 0 Å². The van der Waals surface area contributed by atoms with Crippen LogP contribution in [0.3, 0.4) is 0 Å². The molecule has 0 unspecified atom stereocenters. The lowest BCUT2D eigenvalue weighted by Crippen LogP contribution is -2.01. The van der Waals surface area contributed by atoms with Gasteiger partial charge in [0.25, 0.3) is 5.88 Å². The Morgan fingerprint density at radius 3 is 2.70 bits per heavy atom. The number of aromatic nitrogens is 2. The van der Waals surface area contributed by atoms with E-state index in [2.05, 4.69) is 21.0 Å². The Balaban J connectivity index is 2.46. The van der Waals surface area contributed by atoms with Crippen molar-refractivity contribution in [1.82, 2.24) is 9.78 Å². The number of halogens is 1. The molecule has 0 fully saturated rings. The fourth-order valence-electron chi connectivity index (χ4n) is 1.87. The molecule has 0 bridgehead atoms. The van der Waals surface area contributed by atoms with E-state index >= 15 is 0 Å². The quantitative estimate of drug-likeness (QED) is 0.623. The van der Waals surface area contributed by atoms with Crippen LogP contribution in [0.15, 0.2) is 22.7 Å². The molecule has 0 aliphatic carbocycles. The first-order valence-corrected chi connectivity index (χ1v) is 6.89. The van der Waals surface area contributed by atoms with Crippen molar-refractivity contribution in [2.45, 2.75) is 27.3 Å². The number of nitrogens with zero attached hydrogens (tertiary/aromatic N) is 3. The van der Waals surface area contributed by atoms with Gasteiger partial charge in [0.05, 0.1) is 4.92 Å². The lowest BCUT2D eigenvalue weighted by molar-refractivity contribution is -0.386. The van der Waals surface area contributed by atoms with E-state index in [1.54, 1.807) is 13.0 Å². The summed E-state index contributed by atoms with van der Waals surface area (Å²) >= 11 is 3.40. The molecule has 0 spiro atoms. The van der Waals surface area contributed by atoms with Gasteiger partial charge in [0.15, 0.2) is 0 Å². The van der Waals surface area contributed by atoms with Crippen molar-refractivity contribution in [1.29, 1.82) is 0 Å². The predicted molar refractivity (Wildman–Crippen MR) is 78.2 cm³/mol. The van der Waals surface area contributed by atoms with Gasteiger partial charge in [-0.05, 0) is 44.5 Å². The highest BCUT2D eigenvalue weighted by molar-refractivity contribution is 9.10. The van der Waals surface area contributed by atoms with E-state index in [9.17, 15) is 10.1 Å². The molecular weight excluding hydrogens is 326 g/mol. The minimum Gasteiger partial charge on any atom is -0.434 e. The van der Waals surface area contributed by atoms with E-state index in [4.69, 9.17) is 4.74 Å². The fourth-order valence-corrected chi connectivity index (χ4v) is 2.12. The van der Waals surface area contributed by atoms with Gasteiger partial charge in [-0.25, -0.2) is 4.68 Å². The van der Waals surface area contributed by atoms with Gasteiger partial charge >= 0.3 is 5.69 Å². The summed E-state index contributed by atoms with van der Waals surface area (Å²) < 4.78 is 8.14. The first-order valence-electron chi connectivity index (χ1n) is 6.09. The second-order valence-electron chi connectivity index (χ2n) is 4.33. The van der Waals surface area contributed by atoms with E-state index in [0.717, 1.165) is 10.0 Å². The third kappa shape index (κ3) is 2.67. The molecule has 0 aliphatic heterocycles. The molecule has 2 aromatic rings. The van der Waals surface area contributed by atoms with Crippen LogP contribution in [0, 0.1) is 24.0 Å².